The third-order valence-corrected chi connectivity index (χ3v) is 3.88. The number of nitriles is 1. The summed E-state index contributed by atoms with van der Waals surface area (Å²) in [6, 6.07) is 10.5. The Balaban J connectivity index is 1.80. The van der Waals surface area contributed by atoms with Crippen molar-refractivity contribution in [2.24, 2.45) is 5.41 Å². The molecule has 3 heteroatoms. The number of para-hydroxylation sites is 1. The number of hydrogen-bond donors (Lipinski definition) is 0. The lowest BCUT2D eigenvalue weighted by molar-refractivity contribution is 0.0535. The van der Waals surface area contributed by atoms with Crippen LogP contribution in [0, 0.1) is 16.7 Å². The molecule has 1 aromatic rings. The molecule has 0 saturated carbocycles. The molecule has 2 heterocycles. The highest BCUT2D eigenvalue weighted by molar-refractivity contribution is 5.37. The van der Waals surface area contributed by atoms with Crippen LogP contribution in [-0.2, 0) is 11.2 Å². The Bertz CT molecular complexity index is 474. The van der Waals surface area contributed by atoms with Gasteiger partial charge in [0.2, 0.25) is 0 Å². The summed E-state index contributed by atoms with van der Waals surface area (Å²) in [5.41, 5.74) is 0.729. The zero-order valence-corrected chi connectivity index (χ0v) is 10.4. The Labute approximate surface area is 107 Å². The molecule has 94 valence electrons. The average Bonchev–Trinajstić information content (AvgIpc) is 2.91. The first-order valence-corrected chi connectivity index (χ1v) is 6.55. The first-order valence-electron chi connectivity index (χ1n) is 6.55. The number of nitrogens with zero attached hydrogens (tertiary/aromatic N) is 1. The molecule has 1 aromatic carbocycles. The molecule has 0 N–H and O–H groups in total. The van der Waals surface area contributed by atoms with Gasteiger partial charge in [0.25, 0.3) is 0 Å². The molecule has 2 aliphatic heterocycles. The van der Waals surface area contributed by atoms with Crippen LogP contribution in [0.1, 0.15) is 24.8 Å². The number of benzene rings is 1. The van der Waals surface area contributed by atoms with Crippen LogP contribution in [0.15, 0.2) is 24.3 Å². The maximum atomic E-state index is 9.54. The fourth-order valence-electron chi connectivity index (χ4n) is 2.91. The van der Waals surface area contributed by atoms with Crippen LogP contribution in [0.25, 0.3) is 0 Å². The number of rotatable bonds is 2. The van der Waals surface area contributed by atoms with Gasteiger partial charge in [0.15, 0.2) is 0 Å². The molecule has 0 radical (unpaired) electrons. The lowest BCUT2D eigenvalue weighted by atomic mass is 9.77. The second kappa shape index (κ2) is 4.62. The highest BCUT2D eigenvalue weighted by Gasteiger charge is 2.39. The van der Waals surface area contributed by atoms with Crippen LogP contribution >= 0.6 is 0 Å². The van der Waals surface area contributed by atoms with Crippen molar-refractivity contribution in [2.45, 2.75) is 31.8 Å². The second-order valence-electron chi connectivity index (χ2n) is 5.30. The largest absolute Gasteiger partial charge is 0.492 e. The van der Waals surface area contributed by atoms with Crippen molar-refractivity contribution in [3.63, 3.8) is 0 Å². The predicted molar refractivity (Wildman–Crippen MR) is 67.3 cm³/mol. The van der Waals surface area contributed by atoms with Crippen LogP contribution in [0.2, 0.25) is 0 Å². The number of hydrogen-bond acceptors (Lipinski definition) is 3. The zero-order chi connectivity index (χ0) is 12.4. The van der Waals surface area contributed by atoms with Gasteiger partial charge in [-0.3, -0.25) is 0 Å². The normalized spacial score (nSPS) is 30.3. The van der Waals surface area contributed by atoms with E-state index in [1.54, 1.807) is 0 Å². The number of ether oxygens (including phenoxy) is 2. The molecular formula is C15H17NO2. The quantitative estimate of drug-likeness (QED) is 0.802. The van der Waals surface area contributed by atoms with Gasteiger partial charge in [-0.15, -0.1) is 0 Å². The minimum absolute atomic E-state index is 0.235. The Morgan fingerprint density at radius 1 is 1.39 bits per heavy atom. The van der Waals surface area contributed by atoms with Crippen molar-refractivity contribution in [3.8, 4) is 11.8 Å². The molecule has 0 spiro atoms. The Kier molecular flexibility index (Phi) is 2.97. The smallest absolute Gasteiger partial charge is 0.122 e. The summed E-state index contributed by atoms with van der Waals surface area (Å²) in [6.45, 7) is 1.32. The van der Waals surface area contributed by atoms with Crippen molar-refractivity contribution < 1.29 is 9.47 Å². The first-order chi connectivity index (χ1) is 8.81. The van der Waals surface area contributed by atoms with Gasteiger partial charge in [0.05, 0.1) is 17.6 Å². The van der Waals surface area contributed by atoms with E-state index in [1.165, 1.54) is 0 Å². The summed E-state index contributed by atoms with van der Waals surface area (Å²) >= 11 is 0. The van der Waals surface area contributed by atoms with E-state index in [9.17, 15) is 5.26 Å². The predicted octanol–water partition coefficient (Wildman–Crippen LogP) is 2.70. The Morgan fingerprint density at radius 3 is 3.06 bits per heavy atom. The summed E-state index contributed by atoms with van der Waals surface area (Å²) < 4.78 is 11.4. The molecule has 2 atom stereocenters. The highest BCUT2D eigenvalue weighted by Crippen LogP contribution is 2.39. The van der Waals surface area contributed by atoms with Gasteiger partial charge >= 0.3 is 0 Å². The molecule has 1 fully saturated rings. The van der Waals surface area contributed by atoms with Crippen LogP contribution in [-0.4, -0.2) is 19.3 Å². The third-order valence-electron chi connectivity index (χ3n) is 3.88. The van der Waals surface area contributed by atoms with Crippen LogP contribution in [0.3, 0.4) is 0 Å². The lowest BCUT2D eigenvalue weighted by Gasteiger charge is -2.33. The van der Waals surface area contributed by atoms with Crippen molar-refractivity contribution in [1.29, 1.82) is 5.26 Å². The molecule has 0 aromatic heterocycles. The van der Waals surface area contributed by atoms with Gasteiger partial charge in [-0.25, -0.2) is 0 Å². The van der Waals surface area contributed by atoms with Gasteiger partial charge in [0, 0.05) is 6.61 Å². The molecular weight excluding hydrogens is 226 g/mol. The van der Waals surface area contributed by atoms with Gasteiger partial charge in [-0.1, -0.05) is 18.2 Å². The Hall–Kier alpha value is -1.53. The van der Waals surface area contributed by atoms with E-state index in [0.717, 1.165) is 43.6 Å². The summed E-state index contributed by atoms with van der Waals surface area (Å²) in [5.74, 6) is 0.927. The molecule has 18 heavy (non-hydrogen) atoms. The van der Waals surface area contributed by atoms with Crippen molar-refractivity contribution in [1.82, 2.24) is 0 Å². The van der Waals surface area contributed by atoms with E-state index < -0.39 is 5.41 Å². The van der Waals surface area contributed by atoms with Crippen LogP contribution < -0.4 is 4.74 Å². The molecule has 3 nitrogen and oxygen atoms in total. The molecule has 3 rings (SSSR count). The average molecular weight is 243 g/mol. The number of fused-ring (bicyclic) bond motifs is 1. The second-order valence-corrected chi connectivity index (χ2v) is 5.30. The van der Waals surface area contributed by atoms with Gasteiger partial charge < -0.3 is 9.47 Å². The SMILES string of the molecule is N#CC1(CC2CCCO2)COc2ccccc2C1. The molecule has 0 aliphatic carbocycles. The van der Waals surface area contributed by atoms with E-state index >= 15 is 0 Å². The van der Waals surface area contributed by atoms with E-state index in [4.69, 9.17) is 9.47 Å². The first kappa shape index (κ1) is 11.6. The molecule has 2 unspecified atom stereocenters. The molecule has 0 amide bonds. The maximum Gasteiger partial charge on any atom is 0.122 e. The maximum absolute atomic E-state index is 9.54. The van der Waals surface area contributed by atoms with E-state index in [1.807, 2.05) is 18.2 Å². The minimum Gasteiger partial charge on any atom is -0.492 e. The van der Waals surface area contributed by atoms with Gasteiger partial charge in [-0.2, -0.15) is 5.26 Å². The molecule has 0 bridgehead atoms. The van der Waals surface area contributed by atoms with Crippen LogP contribution in [0.5, 0.6) is 5.75 Å². The highest BCUT2D eigenvalue weighted by atomic mass is 16.5. The van der Waals surface area contributed by atoms with Gasteiger partial charge in [0.1, 0.15) is 12.4 Å². The summed E-state index contributed by atoms with van der Waals surface area (Å²) in [5, 5.41) is 9.54. The summed E-state index contributed by atoms with van der Waals surface area (Å²) in [4.78, 5) is 0. The zero-order valence-electron chi connectivity index (χ0n) is 10.4. The summed E-state index contributed by atoms with van der Waals surface area (Å²) in [6.07, 6.45) is 3.99. The monoisotopic (exact) mass is 243 g/mol. The standard InChI is InChI=1S/C15H17NO2/c16-10-15(9-13-5-3-7-17-13)8-12-4-1-2-6-14(12)18-11-15/h1-2,4,6,13H,3,5,7-9,11H2. The topological polar surface area (TPSA) is 42.2 Å². The minimum atomic E-state index is -0.413. The fraction of sp³-hybridized carbons (Fsp3) is 0.533. The van der Waals surface area contributed by atoms with Crippen molar-refractivity contribution in [3.05, 3.63) is 29.8 Å². The Morgan fingerprint density at radius 2 is 2.28 bits per heavy atom. The molecule has 2 aliphatic rings. The molecule has 1 saturated heterocycles. The van der Waals surface area contributed by atoms with Crippen molar-refractivity contribution in [2.75, 3.05) is 13.2 Å². The van der Waals surface area contributed by atoms with Crippen LogP contribution in [0.4, 0.5) is 0 Å². The van der Waals surface area contributed by atoms with Gasteiger partial charge in [-0.05, 0) is 37.3 Å². The van der Waals surface area contributed by atoms with E-state index in [0.29, 0.717) is 6.61 Å². The third kappa shape index (κ3) is 2.09. The summed E-state index contributed by atoms with van der Waals surface area (Å²) in [7, 11) is 0. The fourth-order valence-corrected chi connectivity index (χ4v) is 2.91. The van der Waals surface area contributed by atoms with E-state index in [2.05, 4.69) is 12.1 Å². The van der Waals surface area contributed by atoms with Crippen molar-refractivity contribution >= 4 is 0 Å². The lowest BCUT2D eigenvalue weighted by Crippen LogP contribution is -2.36. The van der Waals surface area contributed by atoms with E-state index in [-0.39, 0.29) is 6.10 Å².